The van der Waals surface area contributed by atoms with Gasteiger partial charge < -0.3 is 24.1 Å². The highest BCUT2D eigenvalue weighted by Gasteiger charge is 2.22. The van der Waals surface area contributed by atoms with E-state index >= 15 is 0 Å². The molecule has 0 fully saturated rings. The van der Waals surface area contributed by atoms with Crippen molar-refractivity contribution in [3.8, 4) is 5.75 Å². The fraction of sp³-hybridized carbons (Fsp3) is 0.312. The number of aromatic nitrogens is 4. The number of aromatic amines is 1. The van der Waals surface area contributed by atoms with Crippen LogP contribution in [-0.2, 0) is 22.4 Å². The number of nitrogen functional groups attached to an aromatic ring is 1. The van der Waals surface area contributed by atoms with Gasteiger partial charge in [0.05, 0.1) is 19.5 Å². The second-order valence-corrected chi connectivity index (χ2v) is 8.01. The molecule has 3 aromatic rings. The maximum absolute atomic E-state index is 11.8. The van der Waals surface area contributed by atoms with Gasteiger partial charge in [0, 0.05) is 17.0 Å². The monoisotopic (exact) mass is 407 g/mol. The van der Waals surface area contributed by atoms with Gasteiger partial charge in [0.15, 0.2) is 11.2 Å². The molecule has 0 spiro atoms. The zero-order valence-corrected chi connectivity index (χ0v) is 16.3. The lowest BCUT2D eigenvalue weighted by atomic mass is 10.2. The SMILES string of the molecule is CSc1ccc2c(c1)COP(COCCn1cnc3c(=O)[nH]c(N)nc31)O2. The van der Waals surface area contributed by atoms with Gasteiger partial charge in [-0.2, -0.15) is 4.98 Å². The van der Waals surface area contributed by atoms with E-state index in [2.05, 4.69) is 21.0 Å². The molecular weight excluding hydrogens is 389 g/mol. The van der Waals surface area contributed by atoms with Gasteiger partial charge in [-0.25, -0.2) is 4.98 Å². The summed E-state index contributed by atoms with van der Waals surface area (Å²) in [6, 6.07) is 6.09. The lowest BCUT2D eigenvalue weighted by Crippen LogP contribution is -2.13. The van der Waals surface area contributed by atoms with Crippen LogP contribution in [-0.4, -0.2) is 38.7 Å². The van der Waals surface area contributed by atoms with Crippen molar-refractivity contribution in [2.45, 2.75) is 18.0 Å². The molecule has 3 N–H and O–H groups in total. The number of thioether (sulfide) groups is 1. The van der Waals surface area contributed by atoms with E-state index in [4.69, 9.17) is 19.5 Å². The second-order valence-electron chi connectivity index (χ2n) is 5.77. The van der Waals surface area contributed by atoms with Crippen LogP contribution in [0, 0.1) is 0 Å². The fourth-order valence-corrected chi connectivity index (χ4v) is 4.27. The summed E-state index contributed by atoms with van der Waals surface area (Å²) in [5, 5.41) is 0. The van der Waals surface area contributed by atoms with E-state index in [1.54, 1.807) is 22.7 Å². The number of nitrogens with two attached hydrogens (primary N) is 1. The molecule has 9 nitrogen and oxygen atoms in total. The molecule has 0 amide bonds. The smallest absolute Gasteiger partial charge is 0.280 e. The van der Waals surface area contributed by atoms with E-state index in [0.29, 0.717) is 31.8 Å². The van der Waals surface area contributed by atoms with Crippen LogP contribution in [0.2, 0.25) is 0 Å². The van der Waals surface area contributed by atoms with Crippen molar-refractivity contribution < 1.29 is 13.8 Å². The lowest BCUT2D eigenvalue weighted by Gasteiger charge is -2.25. The number of benzene rings is 1. The fourth-order valence-electron chi connectivity index (χ4n) is 2.66. The molecule has 3 heterocycles. The summed E-state index contributed by atoms with van der Waals surface area (Å²) in [4.78, 5) is 23.6. The summed E-state index contributed by atoms with van der Waals surface area (Å²) in [5.41, 5.74) is 6.99. The van der Waals surface area contributed by atoms with Gasteiger partial charge in [-0.3, -0.25) is 9.78 Å². The lowest BCUT2D eigenvalue weighted by molar-refractivity contribution is 0.148. The number of nitrogens with one attached hydrogen (secondary N) is 1. The third kappa shape index (κ3) is 3.93. The number of anilines is 1. The molecule has 1 aliphatic heterocycles. The normalized spacial score (nSPS) is 16.3. The molecule has 0 bridgehead atoms. The molecule has 1 unspecified atom stereocenters. The molecule has 11 heteroatoms. The van der Waals surface area contributed by atoms with Crippen molar-refractivity contribution in [3.63, 3.8) is 0 Å². The average molecular weight is 407 g/mol. The Morgan fingerprint density at radius 2 is 2.37 bits per heavy atom. The maximum atomic E-state index is 11.8. The van der Waals surface area contributed by atoms with Crippen LogP contribution < -0.4 is 15.8 Å². The van der Waals surface area contributed by atoms with Crippen LogP contribution in [0.3, 0.4) is 0 Å². The van der Waals surface area contributed by atoms with Crippen LogP contribution in [0.5, 0.6) is 5.75 Å². The minimum Gasteiger partial charge on any atom is -0.445 e. The van der Waals surface area contributed by atoms with Gasteiger partial charge in [0.2, 0.25) is 5.95 Å². The van der Waals surface area contributed by atoms with Gasteiger partial charge in [-0.05, 0) is 24.5 Å². The molecule has 1 atom stereocenters. The Morgan fingerprint density at radius 3 is 3.22 bits per heavy atom. The predicted molar refractivity (Wildman–Crippen MR) is 104 cm³/mol. The number of ether oxygens (including phenoxy) is 1. The molecule has 0 saturated heterocycles. The number of fused-ring (bicyclic) bond motifs is 2. The molecule has 0 saturated carbocycles. The Bertz CT molecular complexity index is 1020. The first-order chi connectivity index (χ1) is 13.1. The van der Waals surface area contributed by atoms with Crippen molar-refractivity contribution in [3.05, 3.63) is 40.4 Å². The summed E-state index contributed by atoms with van der Waals surface area (Å²) >= 11 is 1.69. The molecule has 1 aromatic carbocycles. The number of hydrogen-bond acceptors (Lipinski definition) is 8. The highest BCUT2D eigenvalue weighted by molar-refractivity contribution is 7.98. The van der Waals surface area contributed by atoms with Crippen molar-refractivity contribution in [2.24, 2.45) is 0 Å². The average Bonchev–Trinajstić information content (AvgIpc) is 3.08. The van der Waals surface area contributed by atoms with Crippen LogP contribution in [0.1, 0.15) is 5.56 Å². The van der Waals surface area contributed by atoms with E-state index in [9.17, 15) is 4.79 Å². The summed E-state index contributed by atoms with van der Waals surface area (Å²) in [5.74, 6) is 0.916. The highest BCUT2D eigenvalue weighted by Crippen LogP contribution is 2.46. The van der Waals surface area contributed by atoms with E-state index in [-0.39, 0.29) is 17.0 Å². The van der Waals surface area contributed by atoms with Crippen LogP contribution in [0.4, 0.5) is 5.95 Å². The van der Waals surface area contributed by atoms with Gasteiger partial charge >= 0.3 is 0 Å². The second kappa shape index (κ2) is 7.85. The third-order valence-corrected chi connectivity index (χ3v) is 5.93. The number of hydrogen-bond donors (Lipinski definition) is 2. The van der Waals surface area contributed by atoms with E-state index in [1.807, 2.05) is 18.4 Å². The van der Waals surface area contributed by atoms with Crippen LogP contribution in [0.15, 0.2) is 34.2 Å². The first-order valence-corrected chi connectivity index (χ1v) is 10.8. The largest absolute Gasteiger partial charge is 0.445 e. The predicted octanol–water partition coefficient (Wildman–Crippen LogP) is 2.32. The van der Waals surface area contributed by atoms with E-state index in [0.717, 1.165) is 11.3 Å². The minimum absolute atomic E-state index is 0.0610. The summed E-state index contributed by atoms with van der Waals surface area (Å²) in [7, 11) is -1.13. The van der Waals surface area contributed by atoms with E-state index in [1.165, 1.54) is 4.90 Å². The molecule has 2 aromatic heterocycles. The van der Waals surface area contributed by atoms with Crippen LogP contribution >= 0.6 is 20.1 Å². The number of H-pyrrole nitrogens is 1. The minimum atomic E-state index is -1.13. The molecule has 0 aliphatic carbocycles. The molecule has 4 rings (SSSR count). The quantitative estimate of drug-likeness (QED) is 0.363. The number of imidazole rings is 1. The topological polar surface area (TPSA) is 117 Å². The zero-order chi connectivity index (χ0) is 18.8. The highest BCUT2D eigenvalue weighted by atomic mass is 32.2. The molecular formula is C16H18N5O4PS. The van der Waals surface area contributed by atoms with Gasteiger partial charge in [0.1, 0.15) is 12.1 Å². The molecule has 27 heavy (non-hydrogen) atoms. The van der Waals surface area contributed by atoms with Crippen molar-refractivity contribution in [1.29, 1.82) is 0 Å². The Hall–Kier alpha value is -2.13. The van der Waals surface area contributed by atoms with Crippen molar-refractivity contribution in [1.82, 2.24) is 19.5 Å². The zero-order valence-electron chi connectivity index (χ0n) is 14.5. The molecule has 142 valence electrons. The number of rotatable bonds is 6. The summed E-state index contributed by atoms with van der Waals surface area (Å²) < 4.78 is 19.1. The van der Waals surface area contributed by atoms with Gasteiger partial charge in [-0.1, -0.05) is 0 Å². The number of nitrogens with zero attached hydrogens (tertiary/aromatic N) is 3. The van der Waals surface area contributed by atoms with Gasteiger partial charge in [-0.15, -0.1) is 11.8 Å². The standard InChI is InChI=1S/C16H18N5O4PS/c1-27-11-2-3-12-10(6-11)7-24-26(25-12)9-23-5-4-21-8-18-13-14(21)19-16(17)20-15(13)22/h2-3,6,8H,4-5,7,9H2,1H3,(H3,17,19,20,22). The molecule has 0 radical (unpaired) electrons. The Balaban J connectivity index is 1.31. The first-order valence-electron chi connectivity index (χ1n) is 8.18. The third-order valence-electron chi connectivity index (χ3n) is 4.00. The van der Waals surface area contributed by atoms with Crippen LogP contribution in [0.25, 0.3) is 11.2 Å². The summed E-state index contributed by atoms with van der Waals surface area (Å²) in [6.07, 6.45) is 3.95. The van der Waals surface area contributed by atoms with E-state index < -0.39 is 8.38 Å². The van der Waals surface area contributed by atoms with Crippen molar-refractivity contribution in [2.75, 3.05) is 24.9 Å². The van der Waals surface area contributed by atoms with Crippen molar-refractivity contribution >= 4 is 37.2 Å². The first kappa shape index (κ1) is 18.2. The molecule has 1 aliphatic rings. The Morgan fingerprint density at radius 1 is 1.48 bits per heavy atom. The Labute approximate surface area is 160 Å². The summed E-state index contributed by atoms with van der Waals surface area (Å²) in [6.45, 7) is 1.42. The van der Waals surface area contributed by atoms with Gasteiger partial charge in [0.25, 0.3) is 13.9 Å². The Kier molecular flexibility index (Phi) is 5.31. The maximum Gasteiger partial charge on any atom is 0.280 e.